The van der Waals surface area contributed by atoms with Gasteiger partial charge in [0.2, 0.25) is 5.91 Å². The van der Waals surface area contributed by atoms with Crippen LogP contribution in [0.2, 0.25) is 0 Å². The van der Waals surface area contributed by atoms with E-state index in [4.69, 9.17) is 5.11 Å². The number of benzene rings is 2. The monoisotopic (exact) mass is 479 g/mol. The first-order chi connectivity index (χ1) is 16.4. The summed E-state index contributed by atoms with van der Waals surface area (Å²) in [7, 11) is 1.90. The Hall–Kier alpha value is -3.51. The number of carbonyl (C=O) groups excluding carboxylic acids is 3. The number of Topliss-reactive ketones (excluding diaryl/α,β-unsaturated/α-hetero) is 1. The number of nitrogens with one attached hydrogen (secondary N) is 2. The summed E-state index contributed by atoms with van der Waals surface area (Å²) >= 11 is 0. The second kappa shape index (κ2) is 12.3. The minimum atomic E-state index is -1.18. The molecule has 2 rings (SSSR count). The SMILES string of the molecule is C[C@@H](O)[C@H](NC(=O)c1ccc(C#Cc2ccc(NC(=O)CN(C)C(C)(C)C)cc2)cc1)C(=O)CO. The molecule has 0 radical (unpaired) electrons. The minimum Gasteiger partial charge on any atom is -0.391 e. The first-order valence-electron chi connectivity index (χ1n) is 11.3. The van der Waals surface area contributed by atoms with Gasteiger partial charge in [0.1, 0.15) is 12.6 Å². The van der Waals surface area contributed by atoms with Gasteiger partial charge in [0.25, 0.3) is 5.91 Å². The molecular weight excluding hydrogens is 446 g/mol. The Morgan fingerprint density at radius 3 is 1.94 bits per heavy atom. The number of nitrogens with zero attached hydrogens (tertiary/aromatic N) is 1. The van der Waals surface area contributed by atoms with Crippen LogP contribution in [0.4, 0.5) is 5.69 Å². The molecule has 4 N–H and O–H groups in total. The third kappa shape index (κ3) is 8.65. The Morgan fingerprint density at radius 2 is 1.49 bits per heavy atom. The predicted molar refractivity (Wildman–Crippen MR) is 135 cm³/mol. The maximum Gasteiger partial charge on any atom is 0.251 e. The van der Waals surface area contributed by atoms with Crippen LogP contribution in [0, 0.1) is 11.8 Å². The van der Waals surface area contributed by atoms with Crippen molar-refractivity contribution in [1.29, 1.82) is 0 Å². The van der Waals surface area contributed by atoms with E-state index >= 15 is 0 Å². The first-order valence-corrected chi connectivity index (χ1v) is 11.3. The zero-order chi connectivity index (χ0) is 26.2. The highest BCUT2D eigenvalue weighted by Crippen LogP contribution is 2.12. The number of carbonyl (C=O) groups is 3. The van der Waals surface area contributed by atoms with Crippen molar-refractivity contribution < 1.29 is 24.6 Å². The van der Waals surface area contributed by atoms with Crippen molar-refractivity contribution in [2.45, 2.75) is 45.4 Å². The number of ketones is 1. The van der Waals surface area contributed by atoms with Crippen molar-refractivity contribution in [3.05, 3.63) is 65.2 Å². The number of rotatable bonds is 8. The summed E-state index contributed by atoms with van der Waals surface area (Å²) in [5.74, 6) is 4.75. The van der Waals surface area contributed by atoms with Gasteiger partial charge in [-0.15, -0.1) is 0 Å². The summed E-state index contributed by atoms with van der Waals surface area (Å²) in [6, 6.07) is 12.5. The fourth-order valence-electron chi connectivity index (χ4n) is 2.93. The Balaban J connectivity index is 1.98. The van der Waals surface area contributed by atoms with Gasteiger partial charge in [0, 0.05) is 27.9 Å². The summed E-state index contributed by atoms with van der Waals surface area (Å²) < 4.78 is 0. The van der Waals surface area contributed by atoms with Crippen LogP contribution in [0.3, 0.4) is 0 Å². The van der Waals surface area contributed by atoms with Crippen LogP contribution in [0.1, 0.15) is 49.2 Å². The summed E-state index contributed by atoms with van der Waals surface area (Å²) in [6.07, 6.45) is -1.13. The van der Waals surface area contributed by atoms with E-state index in [2.05, 4.69) is 22.5 Å². The van der Waals surface area contributed by atoms with Gasteiger partial charge in [-0.2, -0.15) is 0 Å². The number of hydrogen-bond donors (Lipinski definition) is 4. The van der Waals surface area contributed by atoms with Crippen LogP contribution < -0.4 is 10.6 Å². The van der Waals surface area contributed by atoms with Crippen molar-refractivity contribution in [3.8, 4) is 11.8 Å². The normalized spacial score (nSPS) is 12.8. The number of anilines is 1. The summed E-state index contributed by atoms with van der Waals surface area (Å²) in [4.78, 5) is 38.2. The van der Waals surface area contributed by atoms with Gasteiger partial charge in [-0.1, -0.05) is 11.8 Å². The Kier molecular flexibility index (Phi) is 9.72. The lowest BCUT2D eigenvalue weighted by atomic mass is 10.1. The maximum atomic E-state index is 12.4. The zero-order valence-electron chi connectivity index (χ0n) is 20.8. The molecule has 35 heavy (non-hydrogen) atoms. The van der Waals surface area contributed by atoms with Gasteiger partial charge < -0.3 is 20.8 Å². The van der Waals surface area contributed by atoms with Crippen molar-refractivity contribution in [2.75, 3.05) is 25.5 Å². The smallest absolute Gasteiger partial charge is 0.251 e. The second-order valence-electron chi connectivity index (χ2n) is 9.30. The fraction of sp³-hybridized carbons (Fsp3) is 0.370. The molecule has 0 aliphatic carbocycles. The molecule has 8 heteroatoms. The molecule has 0 saturated heterocycles. The van der Waals surface area contributed by atoms with Crippen molar-refractivity contribution in [1.82, 2.24) is 10.2 Å². The molecule has 0 aliphatic heterocycles. The molecule has 0 unspecified atom stereocenters. The molecule has 0 saturated carbocycles. The van der Waals surface area contributed by atoms with E-state index in [9.17, 15) is 19.5 Å². The van der Waals surface area contributed by atoms with E-state index in [0.29, 0.717) is 16.8 Å². The molecule has 0 bridgehead atoms. The average molecular weight is 480 g/mol. The van der Waals surface area contributed by atoms with Gasteiger partial charge in [-0.3, -0.25) is 19.3 Å². The maximum absolute atomic E-state index is 12.4. The molecule has 2 atom stereocenters. The molecule has 186 valence electrons. The lowest BCUT2D eigenvalue weighted by molar-refractivity contribution is -0.126. The lowest BCUT2D eigenvalue weighted by Crippen LogP contribution is -2.48. The van der Waals surface area contributed by atoms with Crippen LogP contribution in [-0.4, -0.2) is 70.6 Å². The number of likely N-dealkylation sites (N-methyl/N-ethyl adjacent to an activating group) is 1. The lowest BCUT2D eigenvalue weighted by Gasteiger charge is -2.31. The van der Waals surface area contributed by atoms with E-state index in [1.807, 2.05) is 44.9 Å². The molecule has 0 spiro atoms. The van der Waals surface area contributed by atoms with Crippen LogP contribution in [0.15, 0.2) is 48.5 Å². The average Bonchev–Trinajstić information content (AvgIpc) is 2.80. The molecule has 8 nitrogen and oxygen atoms in total. The van der Waals surface area contributed by atoms with E-state index in [1.54, 1.807) is 36.4 Å². The number of amides is 2. The molecule has 0 fully saturated rings. The highest BCUT2D eigenvalue weighted by Gasteiger charge is 2.25. The Bertz CT molecular complexity index is 1090. The number of aliphatic hydroxyl groups is 2. The third-order valence-corrected chi connectivity index (χ3v) is 5.46. The molecule has 0 heterocycles. The van der Waals surface area contributed by atoms with Crippen LogP contribution in [0.5, 0.6) is 0 Å². The fourth-order valence-corrected chi connectivity index (χ4v) is 2.93. The van der Waals surface area contributed by atoms with E-state index in [-0.39, 0.29) is 18.0 Å². The van der Waals surface area contributed by atoms with E-state index in [0.717, 1.165) is 5.56 Å². The van der Waals surface area contributed by atoms with Gasteiger partial charge >= 0.3 is 0 Å². The van der Waals surface area contributed by atoms with Gasteiger partial charge in [-0.05, 0) is 83.3 Å². The standard InChI is InChI=1S/C27H33N3O5/c1-18(32)25(23(33)17-31)29-26(35)21-12-8-19(9-13-21)6-7-20-10-14-22(15-11-20)28-24(34)16-30(5)27(2,3)4/h8-15,18,25,31-32H,16-17H2,1-5H3,(H,28,34)(H,29,35)/t18-,25+/m1/s1. The highest BCUT2D eigenvalue weighted by molar-refractivity contribution is 5.98. The largest absolute Gasteiger partial charge is 0.391 e. The number of hydrogen-bond acceptors (Lipinski definition) is 6. The van der Waals surface area contributed by atoms with Gasteiger partial charge in [-0.25, -0.2) is 0 Å². The topological polar surface area (TPSA) is 119 Å². The summed E-state index contributed by atoms with van der Waals surface area (Å²) in [5.41, 5.74) is 2.33. The number of aliphatic hydroxyl groups excluding tert-OH is 2. The van der Waals surface area contributed by atoms with Crippen molar-refractivity contribution in [2.24, 2.45) is 0 Å². The third-order valence-electron chi connectivity index (χ3n) is 5.46. The quantitative estimate of drug-likeness (QED) is 0.429. The van der Waals surface area contributed by atoms with Crippen LogP contribution >= 0.6 is 0 Å². The molecule has 0 aromatic heterocycles. The molecular formula is C27H33N3O5. The van der Waals surface area contributed by atoms with Crippen LogP contribution in [-0.2, 0) is 9.59 Å². The summed E-state index contributed by atoms with van der Waals surface area (Å²) in [6.45, 7) is 7.02. The van der Waals surface area contributed by atoms with Gasteiger partial charge in [0.05, 0.1) is 12.6 Å². The molecule has 2 aromatic carbocycles. The zero-order valence-corrected chi connectivity index (χ0v) is 20.8. The molecule has 0 aliphatic rings. The minimum absolute atomic E-state index is 0.0918. The first kappa shape index (κ1) is 27.7. The molecule has 2 amide bonds. The van der Waals surface area contributed by atoms with E-state index < -0.39 is 30.4 Å². The van der Waals surface area contributed by atoms with Crippen molar-refractivity contribution >= 4 is 23.3 Å². The Morgan fingerprint density at radius 1 is 0.971 bits per heavy atom. The summed E-state index contributed by atoms with van der Waals surface area (Å²) in [5, 5.41) is 24.0. The van der Waals surface area contributed by atoms with Gasteiger partial charge in [0.15, 0.2) is 5.78 Å². The van der Waals surface area contributed by atoms with Crippen LogP contribution in [0.25, 0.3) is 0 Å². The predicted octanol–water partition coefficient (Wildman–Crippen LogP) is 1.80. The van der Waals surface area contributed by atoms with E-state index in [1.165, 1.54) is 6.92 Å². The second-order valence-corrected chi connectivity index (χ2v) is 9.30. The highest BCUT2D eigenvalue weighted by atomic mass is 16.3. The Labute approximate surface area is 206 Å². The van der Waals surface area contributed by atoms with Crippen molar-refractivity contribution in [3.63, 3.8) is 0 Å². The molecule has 2 aromatic rings.